The molecule has 1 amide bonds. The third-order valence-corrected chi connectivity index (χ3v) is 5.62. The maximum absolute atomic E-state index is 13.0. The number of benzene rings is 1. The number of aromatic nitrogens is 3. The molecule has 1 aliphatic heterocycles. The van der Waals surface area contributed by atoms with Crippen LogP contribution < -0.4 is 16.0 Å². The Hall–Kier alpha value is -4.85. The number of hydrogen-bond acceptors (Lipinski definition) is 6. The lowest BCUT2D eigenvalue weighted by molar-refractivity contribution is -0.137. The molecule has 8 nitrogen and oxygen atoms in total. The lowest BCUT2D eigenvalue weighted by Crippen LogP contribution is -2.26. The molecule has 5 rings (SSSR count). The summed E-state index contributed by atoms with van der Waals surface area (Å²) < 4.78 is 40.7. The summed E-state index contributed by atoms with van der Waals surface area (Å²) in [6.07, 6.45) is -0.0346. The number of carbonyl (C=O) groups excluding carboxylic acids is 1. The molecule has 0 fully saturated rings. The third-order valence-electron chi connectivity index (χ3n) is 5.62. The number of hydrogen-bond donors (Lipinski definition) is 3. The molecule has 4 heterocycles. The van der Waals surface area contributed by atoms with Gasteiger partial charge in [-0.2, -0.15) is 13.2 Å². The van der Waals surface area contributed by atoms with E-state index in [1.807, 2.05) is 29.7 Å². The molecule has 0 unspecified atom stereocenters. The van der Waals surface area contributed by atoms with E-state index in [0.717, 1.165) is 36.1 Å². The van der Waals surface area contributed by atoms with E-state index in [1.165, 1.54) is 0 Å². The quantitative estimate of drug-likeness (QED) is 0.366. The number of guanidine groups is 1. The standard InChI is InChI=1S/C26H20F3N7O/c1-16-4-5-18(24(37)35-22-14-19(8-9-30-22)26(27,28)29)13-17(16)6-7-20-15-33-23-21(3-2-12-36(20)23)34-25-31-10-11-32-25/h2-5,8-9,12-15H,10-11H2,1H3,(H,30,35,37)(H2,31,32,34). The fourth-order valence-corrected chi connectivity index (χ4v) is 3.70. The molecule has 4 aromatic rings. The molecule has 0 bridgehead atoms. The highest BCUT2D eigenvalue weighted by Gasteiger charge is 2.30. The molecule has 0 atom stereocenters. The van der Waals surface area contributed by atoms with E-state index in [-0.39, 0.29) is 11.4 Å². The molecule has 11 heteroatoms. The van der Waals surface area contributed by atoms with E-state index in [4.69, 9.17) is 0 Å². The predicted octanol–water partition coefficient (Wildman–Crippen LogP) is 4.08. The number of alkyl halides is 3. The number of anilines is 2. The van der Waals surface area contributed by atoms with Crippen LogP contribution in [-0.4, -0.2) is 39.3 Å². The van der Waals surface area contributed by atoms with Crippen molar-refractivity contribution < 1.29 is 18.0 Å². The van der Waals surface area contributed by atoms with Gasteiger partial charge in [0.15, 0.2) is 11.6 Å². The van der Waals surface area contributed by atoms with Crippen molar-refractivity contribution in [1.82, 2.24) is 19.7 Å². The van der Waals surface area contributed by atoms with Gasteiger partial charge in [-0.3, -0.25) is 14.2 Å². The van der Waals surface area contributed by atoms with Crippen molar-refractivity contribution >= 4 is 29.0 Å². The van der Waals surface area contributed by atoms with Crippen LogP contribution in [0.1, 0.15) is 32.7 Å². The highest BCUT2D eigenvalue weighted by molar-refractivity contribution is 6.04. The third kappa shape index (κ3) is 5.23. The minimum Gasteiger partial charge on any atom is -0.354 e. The first-order valence-electron chi connectivity index (χ1n) is 11.3. The molecule has 186 valence electrons. The molecule has 0 radical (unpaired) electrons. The molecule has 1 aromatic carbocycles. The molecule has 0 aliphatic carbocycles. The minimum absolute atomic E-state index is 0.193. The second kappa shape index (κ2) is 9.66. The van der Waals surface area contributed by atoms with Gasteiger partial charge in [0.25, 0.3) is 5.91 Å². The topological polar surface area (TPSA) is 95.7 Å². The monoisotopic (exact) mass is 503 g/mol. The van der Waals surface area contributed by atoms with Gasteiger partial charge in [-0.05, 0) is 54.8 Å². The zero-order chi connectivity index (χ0) is 26.0. The van der Waals surface area contributed by atoms with E-state index in [0.29, 0.717) is 29.4 Å². The number of carbonyl (C=O) groups is 1. The van der Waals surface area contributed by atoms with Crippen LogP contribution in [0, 0.1) is 18.8 Å². The Bertz CT molecular complexity index is 1600. The lowest BCUT2D eigenvalue weighted by atomic mass is 10.0. The minimum atomic E-state index is -4.54. The van der Waals surface area contributed by atoms with Crippen molar-refractivity contribution in [2.75, 3.05) is 23.7 Å². The van der Waals surface area contributed by atoms with Gasteiger partial charge in [0.1, 0.15) is 11.5 Å². The van der Waals surface area contributed by atoms with Crippen molar-refractivity contribution in [2.24, 2.45) is 4.99 Å². The molecule has 3 N–H and O–H groups in total. The molecule has 37 heavy (non-hydrogen) atoms. The Morgan fingerprint density at radius 2 is 2.00 bits per heavy atom. The summed E-state index contributed by atoms with van der Waals surface area (Å²) in [6, 6.07) is 10.3. The molecule has 0 saturated heterocycles. The van der Waals surface area contributed by atoms with Gasteiger partial charge in [-0.1, -0.05) is 12.0 Å². The molecule has 0 saturated carbocycles. The van der Waals surface area contributed by atoms with Crippen LogP contribution in [0.25, 0.3) is 5.65 Å². The average Bonchev–Trinajstić information content (AvgIpc) is 3.54. The molecule has 1 aliphatic rings. The normalized spacial score (nSPS) is 12.9. The largest absolute Gasteiger partial charge is 0.416 e. The van der Waals surface area contributed by atoms with Crippen LogP contribution in [0.15, 0.2) is 66.0 Å². The first-order valence-corrected chi connectivity index (χ1v) is 11.3. The number of amides is 1. The van der Waals surface area contributed by atoms with Crippen molar-refractivity contribution in [2.45, 2.75) is 13.1 Å². The maximum atomic E-state index is 13.0. The number of nitrogens with one attached hydrogen (secondary N) is 3. The van der Waals surface area contributed by atoms with Gasteiger partial charge >= 0.3 is 6.18 Å². The molecular formula is C26H20F3N7O. The zero-order valence-electron chi connectivity index (χ0n) is 19.5. The zero-order valence-corrected chi connectivity index (χ0v) is 19.5. The first-order chi connectivity index (χ1) is 17.8. The van der Waals surface area contributed by atoms with E-state index < -0.39 is 17.6 Å². The number of pyridine rings is 2. The van der Waals surface area contributed by atoms with Gasteiger partial charge < -0.3 is 16.0 Å². The average molecular weight is 503 g/mol. The number of fused-ring (bicyclic) bond motifs is 1. The van der Waals surface area contributed by atoms with Gasteiger partial charge in [0.2, 0.25) is 0 Å². The summed E-state index contributed by atoms with van der Waals surface area (Å²) in [6.45, 7) is 3.35. The fourth-order valence-electron chi connectivity index (χ4n) is 3.70. The van der Waals surface area contributed by atoms with Crippen LogP contribution in [0.3, 0.4) is 0 Å². The smallest absolute Gasteiger partial charge is 0.354 e. The fraction of sp³-hybridized carbons (Fsp3) is 0.154. The highest BCUT2D eigenvalue weighted by Crippen LogP contribution is 2.30. The van der Waals surface area contributed by atoms with Gasteiger partial charge in [-0.25, -0.2) is 9.97 Å². The van der Waals surface area contributed by atoms with Crippen LogP contribution in [-0.2, 0) is 6.18 Å². The predicted molar refractivity (Wildman–Crippen MR) is 133 cm³/mol. The number of aliphatic imine (C=N–C) groups is 1. The SMILES string of the molecule is Cc1ccc(C(=O)Nc2cc(C(F)(F)F)ccn2)cc1C#Cc1cnc2c(NC3=NCCN3)cccn12. The van der Waals surface area contributed by atoms with E-state index in [2.05, 4.69) is 42.8 Å². The number of rotatable bonds is 3. The van der Waals surface area contributed by atoms with Crippen LogP contribution in [0.5, 0.6) is 0 Å². The summed E-state index contributed by atoms with van der Waals surface area (Å²) >= 11 is 0. The summed E-state index contributed by atoms with van der Waals surface area (Å²) in [4.78, 5) is 25.3. The van der Waals surface area contributed by atoms with Crippen LogP contribution in [0.2, 0.25) is 0 Å². The Labute approximate surface area is 209 Å². The second-order valence-electron chi connectivity index (χ2n) is 8.20. The second-order valence-corrected chi connectivity index (χ2v) is 8.20. The number of nitrogens with zero attached hydrogens (tertiary/aromatic N) is 4. The summed E-state index contributed by atoms with van der Waals surface area (Å²) in [5.74, 6) is 6.07. The Balaban J connectivity index is 1.38. The van der Waals surface area contributed by atoms with E-state index >= 15 is 0 Å². The van der Waals surface area contributed by atoms with Crippen molar-refractivity contribution in [3.8, 4) is 11.8 Å². The lowest BCUT2D eigenvalue weighted by Gasteiger charge is -2.09. The number of imidazole rings is 1. The van der Waals surface area contributed by atoms with Crippen LogP contribution in [0.4, 0.5) is 24.7 Å². The Kier molecular flexibility index (Phi) is 6.23. The summed E-state index contributed by atoms with van der Waals surface area (Å²) in [7, 11) is 0. The van der Waals surface area contributed by atoms with Crippen molar-refractivity contribution in [1.29, 1.82) is 0 Å². The van der Waals surface area contributed by atoms with Gasteiger partial charge in [0, 0.05) is 30.1 Å². The first kappa shape index (κ1) is 23.9. The van der Waals surface area contributed by atoms with E-state index in [9.17, 15) is 18.0 Å². The maximum Gasteiger partial charge on any atom is 0.416 e. The van der Waals surface area contributed by atoms with Gasteiger partial charge in [0.05, 0.1) is 24.0 Å². The van der Waals surface area contributed by atoms with Crippen LogP contribution >= 0.6 is 0 Å². The van der Waals surface area contributed by atoms with Crippen molar-refractivity contribution in [3.63, 3.8) is 0 Å². The highest BCUT2D eigenvalue weighted by atomic mass is 19.4. The van der Waals surface area contributed by atoms with E-state index in [1.54, 1.807) is 24.4 Å². The number of aryl methyl sites for hydroxylation is 1. The molecule has 0 spiro atoms. The molecular weight excluding hydrogens is 483 g/mol. The Morgan fingerprint density at radius 3 is 2.78 bits per heavy atom. The summed E-state index contributed by atoms with van der Waals surface area (Å²) in [5.41, 5.74) is 2.88. The van der Waals surface area contributed by atoms with Gasteiger partial charge in [-0.15, -0.1) is 0 Å². The summed E-state index contributed by atoms with van der Waals surface area (Å²) in [5, 5.41) is 8.80. The van der Waals surface area contributed by atoms with Crippen molar-refractivity contribution in [3.05, 3.63) is 89.0 Å². The molecule has 3 aromatic heterocycles. The number of halogens is 3. The Morgan fingerprint density at radius 1 is 1.14 bits per heavy atom.